The molecule has 1 aromatic heterocycles. The van der Waals surface area contributed by atoms with Crippen molar-refractivity contribution in [2.75, 3.05) is 5.32 Å². The van der Waals surface area contributed by atoms with Gasteiger partial charge in [-0.1, -0.05) is 24.9 Å². The average Bonchev–Trinajstić information content (AvgIpc) is 2.90. The third-order valence-corrected chi connectivity index (χ3v) is 2.91. The number of hydrogen-bond acceptors (Lipinski definition) is 3. The Morgan fingerprint density at radius 1 is 1.57 bits per heavy atom. The molecular formula is C10H14ClN3. The highest BCUT2D eigenvalue weighted by Crippen LogP contribution is 2.43. The number of rotatable bonds is 4. The highest BCUT2D eigenvalue weighted by Gasteiger charge is 2.42. The first kappa shape index (κ1) is 9.71. The summed E-state index contributed by atoms with van der Waals surface area (Å²) in [5, 5.41) is 4.02. The molecule has 0 spiro atoms. The lowest BCUT2D eigenvalue weighted by Gasteiger charge is -2.17. The fourth-order valence-corrected chi connectivity index (χ4v) is 1.88. The van der Waals surface area contributed by atoms with E-state index >= 15 is 0 Å². The molecule has 14 heavy (non-hydrogen) atoms. The lowest BCUT2D eigenvalue weighted by molar-refractivity contribution is 0.636. The van der Waals surface area contributed by atoms with Crippen LogP contribution in [-0.2, 0) is 0 Å². The second kappa shape index (κ2) is 3.73. The first-order valence-corrected chi connectivity index (χ1v) is 5.37. The number of nitrogens with one attached hydrogen (secondary N) is 1. The van der Waals surface area contributed by atoms with E-state index < -0.39 is 0 Å². The van der Waals surface area contributed by atoms with Crippen LogP contribution in [0.2, 0.25) is 5.02 Å². The molecule has 2 rings (SSSR count). The Labute approximate surface area is 88.9 Å². The van der Waals surface area contributed by atoms with E-state index in [0.717, 1.165) is 5.82 Å². The number of anilines is 1. The lowest BCUT2D eigenvalue weighted by atomic mass is 10.1. The Bertz CT molecular complexity index is 323. The molecule has 0 saturated heterocycles. The molecular weight excluding hydrogens is 198 g/mol. The van der Waals surface area contributed by atoms with Gasteiger partial charge in [-0.05, 0) is 19.3 Å². The second-order valence-corrected chi connectivity index (χ2v) is 4.28. The highest BCUT2D eigenvalue weighted by atomic mass is 35.5. The van der Waals surface area contributed by atoms with E-state index in [2.05, 4.69) is 22.2 Å². The third kappa shape index (κ3) is 1.98. The van der Waals surface area contributed by atoms with E-state index in [9.17, 15) is 0 Å². The molecule has 0 unspecified atom stereocenters. The minimum Gasteiger partial charge on any atom is -0.363 e. The van der Waals surface area contributed by atoms with Gasteiger partial charge in [-0.3, -0.25) is 0 Å². The Hall–Kier alpha value is -0.830. The molecule has 0 amide bonds. The standard InChI is InChI=1S/C10H14ClN3/c1-2-3-10(4-5-10)14-9-8(11)6-12-7-13-9/h6-7H,2-5H2,1H3,(H,12,13,14). The first-order valence-electron chi connectivity index (χ1n) is 4.99. The van der Waals surface area contributed by atoms with Crippen LogP contribution in [-0.4, -0.2) is 15.5 Å². The van der Waals surface area contributed by atoms with Crippen LogP contribution in [0.25, 0.3) is 0 Å². The molecule has 0 radical (unpaired) electrons. The monoisotopic (exact) mass is 211 g/mol. The van der Waals surface area contributed by atoms with Gasteiger partial charge in [0.05, 0.1) is 6.20 Å². The van der Waals surface area contributed by atoms with Crippen molar-refractivity contribution in [1.82, 2.24) is 9.97 Å². The first-order chi connectivity index (χ1) is 6.76. The Morgan fingerprint density at radius 3 is 2.93 bits per heavy atom. The van der Waals surface area contributed by atoms with Crippen LogP contribution in [0, 0.1) is 0 Å². The maximum atomic E-state index is 5.97. The summed E-state index contributed by atoms with van der Waals surface area (Å²) in [6.45, 7) is 2.20. The summed E-state index contributed by atoms with van der Waals surface area (Å²) in [6.07, 6.45) is 7.97. The van der Waals surface area contributed by atoms with Crippen molar-refractivity contribution in [2.24, 2.45) is 0 Å². The molecule has 0 aromatic carbocycles. The van der Waals surface area contributed by atoms with E-state index in [1.54, 1.807) is 6.20 Å². The fourth-order valence-electron chi connectivity index (χ4n) is 1.72. The van der Waals surface area contributed by atoms with Crippen LogP contribution >= 0.6 is 11.6 Å². The fraction of sp³-hybridized carbons (Fsp3) is 0.600. The van der Waals surface area contributed by atoms with Gasteiger partial charge in [0.15, 0.2) is 0 Å². The molecule has 1 N–H and O–H groups in total. The molecule has 1 heterocycles. The zero-order valence-corrected chi connectivity index (χ0v) is 9.01. The summed E-state index contributed by atoms with van der Waals surface area (Å²) in [5.41, 5.74) is 0.271. The van der Waals surface area contributed by atoms with E-state index in [1.807, 2.05) is 0 Å². The van der Waals surface area contributed by atoms with Crippen LogP contribution < -0.4 is 5.32 Å². The van der Waals surface area contributed by atoms with Crippen LogP contribution in [0.3, 0.4) is 0 Å². The van der Waals surface area contributed by atoms with Crippen molar-refractivity contribution >= 4 is 17.4 Å². The Balaban J connectivity index is 2.07. The van der Waals surface area contributed by atoms with Gasteiger partial charge in [0.2, 0.25) is 0 Å². The minimum atomic E-state index is 0.271. The summed E-state index contributed by atoms with van der Waals surface area (Å²) in [6, 6.07) is 0. The van der Waals surface area contributed by atoms with Crippen molar-refractivity contribution in [1.29, 1.82) is 0 Å². The number of aromatic nitrogens is 2. The SMILES string of the molecule is CCCC1(Nc2ncncc2Cl)CC1. The Kier molecular flexibility index (Phi) is 2.59. The second-order valence-electron chi connectivity index (χ2n) is 3.87. The van der Waals surface area contributed by atoms with Gasteiger partial charge in [-0.2, -0.15) is 0 Å². The summed E-state index contributed by atoms with van der Waals surface area (Å²) in [7, 11) is 0. The molecule has 0 aliphatic heterocycles. The molecule has 4 heteroatoms. The van der Waals surface area contributed by atoms with Crippen molar-refractivity contribution < 1.29 is 0 Å². The number of hydrogen-bond donors (Lipinski definition) is 1. The minimum absolute atomic E-state index is 0.271. The van der Waals surface area contributed by atoms with Crippen LogP contribution in [0.4, 0.5) is 5.82 Å². The molecule has 1 saturated carbocycles. The quantitative estimate of drug-likeness (QED) is 0.832. The lowest BCUT2D eigenvalue weighted by Crippen LogP contribution is -2.21. The summed E-state index contributed by atoms with van der Waals surface area (Å²) >= 11 is 5.97. The van der Waals surface area contributed by atoms with E-state index in [4.69, 9.17) is 11.6 Å². The van der Waals surface area contributed by atoms with Crippen molar-refractivity contribution in [3.63, 3.8) is 0 Å². The van der Waals surface area contributed by atoms with E-state index in [0.29, 0.717) is 5.02 Å². The molecule has 3 nitrogen and oxygen atoms in total. The van der Waals surface area contributed by atoms with Crippen LogP contribution in [0.15, 0.2) is 12.5 Å². The van der Waals surface area contributed by atoms with Gasteiger partial charge < -0.3 is 5.32 Å². The molecule has 1 aliphatic rings. The van der Waals surface area contributed by atoms with Gasteiger partial charge in [-0.15, -0.1) is 0 Å². The largest absolute Gasteiger partial charge is 0.363 e. The molecule has 0 atom stereocenters. The zero-order valence-electron chi connectivity index (χ0n) is 8.26. The maximum Gasteiger partial charge on any atom is 0.148 e. The molecule has 1 aromatic rings. The van der Waals surface area contributed by atoms with Gasteiger partial charge in [0.25, 0.3) is 0 Å². The van der Waals surface area contributed by atoms with Gasteiger partial charge in [0.1, 0.15) is 17.2 Å². The van der Waals surface area contributed by atoms with E-state index in [1.165, 1.54) is 32.0 Å². The topological polar surface area (TPSA) is 37.8 Å². The third-order valence-electron chi connectivity index (χ3n) is 2.63. The van der Waals surface area contributed by atoms with Gasteiger partial charge >= 0.3 is 0 Å². The molecule has 1 fully saturated rings. The average molecular weight is 212 g/mol. The summed E-state index contributed by atoms with van der Waals surface area (Å²) in [4.78, 5) is 7.99. The van der Waals surface area contributed by atoms with E-state index in [-0.39, 0.29) is 5.54 Å². The highest BCUT2D eigenvalue weighted by molar-refractivity contribution is 6.32. The summed E-state index contributed by atoms with van der Waals surface area (Å²) < 4.78 is 0. The Morgan fingerprint density at radius 2 is 2.36 bits per heavy atom. The summed E-state index contributed by atoms with van der Waals surface area (Å²) in [5.74, 6) is 0.771. The zero-order chi connectivity index (χ0) is 10.0. The normalized spacial score (nSPS) is 17.9. The van der Waals surface area contributed by atoms with Gasteiger partial charge in [0, 0.05) is 5.54 Å². The van der Waals surface area contributed by atoms with Gasteiger partial charge in [-0.25, -0.2) is 9.97 Å². The molecule has 76 valence electrons. The van der Waals surface area contributed by atoms with Crippen molar-refractivity contribution in [3.05, 3.63) is 17.5 Å². The smallest absolute Gasteiger partial charge is 0.148 e. The molecule has 1 aliphatic carbocycles. The van der Waals surface area contributed by atoms with Crippen LogP contribution in [0.5, 0.6) is 0 Å². The van der Waals surface area contributed by atoms with Crippen LogP contribution in [0.1, 0.15) is 32.6 Å². The number of halogens is 1. The molecule has 0 bridgehead atoms. The predicted octanol–water partition coefficient (Wildman–Crippen LogP) is 2.87. The number of nitrogens with zero attached hydrogens (tertiary/aromatic N) is 2. The van der Waals surface area contributed by atoms with Crippen molar-refractivity contribution in [2.45, 2.75) is 38.1 Å². The van der Waals surface area contributed by atoms with Crippen molar-refractivity contribution in [3.8, 4) is 0 Å². The maximum absolute atomic E-state index is 5.97. The predicted molar refractivity (Wildman–Crippen MR) is 57.5 cm³/mol.